The second-order valence-corrected chi connectivity index (χ2v) is 10.2. The van der Waals surface area contributed by atoms with Crippen LogP contribution in [0.25, 0.3) is 20.4 Å². The first-order valence-electron chi connectivity index (χ1n) is 7.26. The molecule has 124 valence electrons. The lowest BCUT2D eigenvalue weighted by Crippen LogP contribution is -1.67. The molecular formula is C17H11N3S5. The number of fused-ring (bicyclic) bond motifs is 2. The summed E-state index contributed by atoms with van der Waals surface area (Å²) in [5, 5.41) is 1.93. The van der Waals surface area contributed by atoms with Gasteiger partial charge in [-0.05, 0) is 45.9 Å². The largest absolute Gasteiger partial charge is 0.253 e. The monoisotopic (exact) mass is 417 g/mol. The van der Waals surface area contributed by atoms with E-state index in [1.165, 1.54) is 9.40 Å². The summed E-state index contributed by atoms with van der Waals surface area (Å²) in [6, 6.07) is 16.5. The molecule has 2 aromatic carbocycles. The summed E-state index contributed by atoms with van der Waals surface area (Å²) in [6.45, 7) is 0. The summed E-state index contributed by atoms with van der Waals surface area (Å²) in [5.74, 6) is 0. The third kappa shape index (κ3) is 4.39. The predicted octanol–water partition coefficient (Wildman–Crippen LogP) is 6.85. The summed E-state index contributed by atoms with van der Waals surface area (Å²) in [7, 11) is 3.37. The van der Waals surface area contributed by atoms with E-state index in [0.717, 1.165) is 19.7 Å². The molecule has 0 aliphatic heterocycles. The molecule has 0 amide bonds. The molecule has 0 aliphatic rings. The van der Waals surface area contributed by atoms with Crippen LogP contribution in [0.4, 0.5) is 0 Å². The second-order valence-electron chi connectivity index (χ2n) is 4.74. The summed E-state index contributed by atoms with van der Waals surface area (Å²) in [4.78, 5) is 13.0. The molecule has 0 unspecified atom stereocenters. The zero-order valence-corrected chi connectivity index (χ0v) is 16.8. The van der Waals surface area contributed by atoms with Crippen molar-refractivity contribution in [3.63, 3.8) is 0 Å². The van der Waals surface area contributed by atoms with Gasteiger partial charge >= 0.3 is 0 Å². The van der Waals surface area contributed by atoms with Gasteiger partial charge in [-0.25, -0.2) is 9.97 Å². The second kappa shape index (κ2) is 8.29. The highest BCUT2D eigenvalue weighted by Gasteiger charge is 2.08. The third-order valence-electron chi connectivity index (χ3n) is 3.08. The summed E-state index contributed by atoms with van der Waals surface area (Å²) in [5.41, 5.74) is 3.94. The first kappa shape index (κ1) is 17.0. The number of nitrogens with zero attached hydrogens (tertiary/aromatic N) is 3. The SMILES string of the molecule is c1ccc2sc(SSc3nc4ccccc4s3)nc2c1.c1cscn1. The third-order valence-corrected chi connectivity index (χ3v) is 8.65. The number of thiazole rings is 3. The molecule has 0 fully saturated rings. The van der Waals surface area contributed by atoms with E-state index in [1.807, 2.05) is 17.5 Å². The zero-order chi connectivity index (χ0) is 16.9. The van der Waals surface area contributed by atoms with E-state index in [1.54, 1.807) is 67.3 Å². The predicted molar refractivity (Wildman–Crippen MR) is 113 cm³/mol. The van der Waals surface area contributed by atoms with Crippen LogP contribution < -0.4 is 0 Å². The van der Waals surface area contributed by atoms with Gasteiger partial charge in [0.05, 0.1) is 25.9 Å². The number of benzene rings is 2. The minimum atomic E-state index is 1.07. The van der Waals surface area contributed by atoms with E-state index in [-0.39, 0.29) is 0 Å². The van der Waals surface area contributed by atoms with Gasteiger partial charge in [-0.3, -0.25) is 4.98 Å². The smallest absolute Gasteiger partial charge is 0.162 e. The maximum atomic E-state index is 4.62. The van der Waals surface area contributed by atoms with Crippen LogP contribution in [0.15, 0.2) is 74.3 Å². The van der Waals surface area contributed by atoms with Gasteiger partial charge in [0, 0.05) is 11.6 Å². The Morgan fingerprint density at radius 3 is 1.68 bits per heavy atom. The molecule has 3 nitrogen and oxygen atoms in total. The first-order valence-corrected chi connectivity index (χ1v) is 12.0. The molecule has 0 atom stereocenters. The Kier molecular flexibility index (Phi) is 5.63. The van der Waals surface area contributed by atoms with E-state index >= 15 is 0 Å². The summed E-state index contributed by atoms with van der Waals surface area (Å²) in [6.07, 6.45) is 1.77. The minimum Gasteiger partial charge on any atom is -0.253 e. The average Bonchev–Trinajstić information content (AvgIpc) is 3.40. The fourth-order valence-corrected chi connectivity index (χ4v) is 6.87. The van der Waals surface area contributed by atoms with Crippen LogP contribution in [-0.4, -0.2) is 15.0 Å². The highest BCUT2D eigenvalue weighted by atomic mass is 33.1. The van der Waals surface area contributed by atoms with Crippen molar-refractivity contribution in [2.24, 2.45) is 0 Å². The van der Waals surface area contributed by atoms with Gasteiger partial charge in [0.1, 0.15) is 0 Å². The minimum absolute atomic E-state index is 1.07. The van der Waals surface area contributed by atoms with Crippen LogP contribution in [0.2, 0.25) is 0 Å². The summed E-state index contributed by atoms with van der Waals surface area (Å²) < 4.78 is 4.63. The van der Waals surface area contributed by atoms with Gasteiger partial charge in [-0.15, -0.1) is 34.0 Å². The number of rotatable bonds is 3. The standard InChI is InChI=1S/C14H8N2S4.C3H3NS/c1-3-7-11-9(5-1)15-13(17-11)19-20-14-16-10-6-2-4-8-12(10)18-14;1-2-5-3-4-1/h1-8H;1-3H. The van der Waals surface area contributed by atoms with Gasteiger partial charge in [0.15, 0.2) is 8.68 Å². The van der Waals surface area contributed by atoms with Crippen LogP contribution in [0.5, 0.6) is 0 Å². The summed E-state index contributed by atoms with van der Waals surface area (Å²) >= 11 is 5.06. The maximum Gasteiger partial charge on any atom is 0.162 e. The van der Waals surface area contributed by atoms with Crippen molar-refractivity contribution in [1.29, 1.82) is 0 Å². The van der Waals surface area contributed by atoms with Crippen molar-refractivity contribution >= 4 is 76.0 Å². The van der Waals surface area contributed by atoms with E-state index in [4.69, 9.17) is 0 Å². The van der Waals surface area contributed by atoms with E-state index in [2.05, 4.69) is 51.4 Å². The van der Waals surface area contributed by atoms with Crippen LogP contribution in [0, 0.1) is 0 Å². The highest BCUT2D eigenvalue weighted by molar-refractivity contribution is 8.77. The van der Waals surface area contributed by atoms with Gasteiger partial charge in [-0.1, -0.05) is 24.3 Å². The molecule has 0 N–H and O–H groups in total. The van der Waals surface area contributed by atoms with Crippen molar-refractivity contribution < 1.29 is 0 Å². The lowest BCUT2D eigenvalue weighted by Gasteiger charge is -1.90. The van der Waals surface area contributed by atoms with E-state index in [0.29, 0.717) is 0 Å². The highest BCUT2D eigenvalue weighted by Crippen LogP contribution is 2.43. The molecule has 25 heavy (non-hydrogen) atoms. The number of hydrogen-bond acceptors (Lipinski definition) is 8. The molecule has 0 saturated heterocycles. The fraction of sp³-hybridized carbons (Fsp3) is 0. The Morgan fingerprint density at radius 1 is 0.720 bits per heavy atom. The van der Waals surface area contributed by atoms with Gasteiger partial charge in [0.25, 0.3) is 0 Å². The Morgan fingerprint density at radius 2 is 1.28 bits per heavy atom. The number of hydrogen-bond donors (Lipinski definition) is 0. The Labute approximate surface area is 164 Å². The molecule has 0 aliphatic carbocycles. The first-order chi connectivity index (χ1) is 12.4. The number of aromatic nitrogens is 3. The Balaban J connectivity index is 0.000000272. The molecule has 0 bridgehead atoms. The molecule has 3 heterocycles. The van der Waals surface area contributed by atoms with E-state index in [9.17, 15) is 0 Å². The average molecular weight is 418 g/mol. The van der Waals surface area contributed by atoms with Crippen LogP contribution in [0.1, 0.15) is 0 Å². The van der Waals surface area contributed by atoms with Crippen molar-refractivity contribution in [3.8, 4) is 0 Å². The van der Waals surface area contributed by atoms with Crippen molar-refractivity contribution in [2.45, 2.75) is 8.68 Å². The van der Waals surface area contributed by atoms with Gasteiger partial charge in [-0.2, -0.15) is 0 Å². The molecule has 5 aromatic rings. The zero-order valence-electron chi connectivity index (χ0n) is 12.7. The fourth-order valence-electron chi connectivity index (χ4n) is 2.02. The molecule has 0 radical (unpaired) electrons. The number of para-hydroxylation sites is 2. The normalized spacial score (nSPS) is 10.7. The van der Waals surface area contributed by atoms with Crippen molar-refractivity contribution in [2.75, 3.05) is 0 Å². The molecule has 3 aromatic heterocycles. The Bertz CT molecular complexity index is 911. The maximum absolute atomic E-state index is 4.62. The molecule has 5 rings (SSSR count). The van der Waals surface area contributed by atoms with Gasteiger partial charge in [0.2, 0.25) is 0 Å². The topological polar surface area (TPSA) is 38.7 Å². The molecule has 8 heteroatoms. The van der Waals surface area contributed by atoms with Crippen molar-refractivity contribution in [1.82, 2.24) is 15.0 Å². The van der Waals surface area contributed by atoms with Gasteiger partial charge < -0.3 is 0 Å². The Hall–Kier alpha value is -1.45. The molecule has 0 spiro atoms. The lowest BCUT2D eigenvalue weighted by molar-refractivity contribution is 1.31. The van der Waals surface area contributed by atoms with Crippen LogP contribution in [-0.2, 0) is 0 Å². The lowest BCUT2D eigenvalue weighted by atomic mass is 10.3. The quantitative estimate of drug-likeness (QED) is 0.300. The van der Waals surface area contributed by atoms with Crippen molar-refractivity contribution in [3.05, 3.63) is 65.6 Å². The van der Waals surface area contributed by atoms with Crippen LogP contribution >= 0.6 is 55.6 Å². The molecule has 0 saturated carbocycles. The molecular weight excluding hydrogens is 407 g/mol. The van der Waals surface area contributed by atoms with Crippen LogP contribution in [0.3, 0.4) is 0 Å². The van der Waals surface area contributed by atoms with E-state index < -0.39 is 0 Å².